The van der Waals surface area contributed by atoms with Crippen LogP contribution in [-0.4, -0.2) is 23.6 Å². The standard InChI is InChI=1S/C19H18ClF2NO4/c20-14-6-4-13(5-7-14)16(11-18(25)26)23-17(24)10-3-12-1-8-15(9-2-12)27-19(21)22/h1-2,4-9,16,19H,3,10-11H2,(H,23,24)(H,25,26)/t16-/m0/s1. The highest BCUT2D eigenvalue weighted by atomic mass is 35.5. The molecule has 144 valence electrons. The highest BCUT2D eigenvalue weighted by Gasteiger charge is 2.18. The summed E-state index contributed by atoms with van der Waals surface area (Å²) in [5, 5.41) is 12.3. The third-order valence-electron chi connectivity index (χ3n) is 3.78. The molecule has 2 N–H and O–H groups in total. The van der Waals surface area contributed by atoms with Crippen molar-refractivity contribution in [2.45, 2.75) is 31.9 Å². The number of amides is 1. The quantitative estimate of drug-likeness (QED) is 0.664. The molecule has 1 atom stereocenters. The van der Waals surface area contributed by atoms with Crippen LogP contribution in [0.5, 0.6) is 5.75 Å². The molecule has 0 heterocycles. The first-order valence-electron chi connectivity index (χ1n) is 8.14. The van der Waals surface area contributed by atoms with Crippen molar-refractivity contribution in [2.75, 3.05) is 0 Å². The molecule has 0 unspecified atom stereocenters. The van der Waals surface area contributed by atoms with Crippen LogP contribution in [0.4, 0.5) is 8.78 Å². The molecule has 2 rings (SSSR count). The summed E-state index contributed by atoms with van der Waals surface area (Å²) < 4.78 is 28.5. The average molecular weight is 398 g/mol. The van der Waals surface area contributed by atoms with Crippen LogP contribution in [0.2, 0.25) is 5.02 Å². The van der Waals surface area contributed by atoms with Gasteiger partial charge < -0.3 is 15.2 Å². The number of carbonyl (C=O) groups excluding carboxylic acids is 1. The second kappa shape index (κ2) is 9.87. The van der Waals surface area contributed by atoms with Gasteiger partial charge in [0.1, 0.15) is 5.75 Å². The lowest BCUT2D eigenvalue weighted by Gasteiger charge is -2.17. The highest BCUT2D eigenvalue weighted by Crippen LogP contribution is 2.20. The number of carboxylic acid groups (broad SMARTS) is 1. The number of rotatable bonds is 9. The summed E-state index contributed by atoms with van der Waals surface area (Å²) in [5.41, 5.74) is 1.41. The van der Waals surface area contributed by atoms with E-state index in [0.717, 1.165) is 5.56 Å². The fourth-order valence-electron chi connectivity index (χ4n) is 2.48. The molecule has 0 aliphatic heterocycles. The van der Waals surface area contributed by atoms with Crippen molar-refractivity contribution < 1.29 is 28.2 Å². The number of hydrogen-bond acceptors (Lipinski definition) is 3. The van der Waals surface area contributed by atoms with Gasteiger partial charge in [-0.2, -0.15) is 8.78 Å². The van der Waals surface area contributed by atoms with E-state index in [0.29, 0.717) is 17.0 Å². The van der Waals surface area contributed by atoms with E-state index in [4.69, 9.17) is 16.7 Å². The minimum absolute atomic E-state index is 0.0439. The molecule has 0 radical (unpaired) electrons. The zero-order chi connectivity index (χ0) is 19.8. The number of halogens is 3. The maximum atomic E-state index is 12.2. The topological polar surface area (TPSA) is 75.6 Å². The Morgan fingerprint density at radius 2 is 1.70 bits per heavy atom. The number of hydrogen-bond donors (Lipinski definition) is 2. The zero-order valence-electron chi connectivity index (χ0n) is 14.2. The van der Waals surface area contributed by atoms with E-state index in [1.165, 1.54) is 12.1 Å². The Balaban J connectivity index is 1.93. The monoisotopic (exact) mass is 397 g/mol. The first-order valence-corrected chi connectivity index (χ1v) is 8.51. The van der Waals surface area contributed by atoms with Gasteiger partial charge in [-0.3, -0.25) is 9.59 Å². The third kappa shape index (κ3) is 7.22. The van der Waals surface area contributed by atoms with Gasteiger partial charge in [0.2, 0.25) is 5.91 Å². The van der Waals surface area contributed by atoms with E-state index >= 15 is 0 Å². The molecule has 0 saturated heterocycles. The predicted molar refractivity (Wildman–Crippen MR) is 96.0 cm³/mol. The van der Waals surface area contributed by atoms with Crippen molar-refractivity contribution in [3.05, 3.63) is 64.7 Å². The van der Waals surface area contributed by atoms with Gasteiger partial charge in [0.15, 0.2) is 0 Å². The summed E-state index contributed by atoms with van der Waals surface area (Å²) in [4.78, 5) is 23.3. The highest BCUT2D eigenvalue weighted by molar-refractivity contribution is 6.30. The summed E-state index contributed by atoms with van der Waals surface area (Å²) in [6.07, 6.45) is 0.243. The van der Waals surface area contributed by atoms with Crippen molar-refractivity contribution in [3.8, 4) is 5.75 Å². The van der Waals surface area contributed by atoms with E-state index < -0.39 is 18.6 Å². The molecule has 0 aliphatic carbocycles. The molecule has 1 amide bonds. The summed E-state index contributed by atoms with van der Waals surface area (Å²) >= 11 is 5.83. The number of ether oxygens (including phenoxy) is 1. The molecule has 27 heavy (non-hydrogen) atoms. The SMILES string of the molecule is O=C(O)C[C@H](NC(=O)CCc1ccc(OC(F)F)cc1)c1ccc(Cl)cc1. The summed E-state index contributed by atoms with van der Waals surface area (Å²) in [5.74, 6) is -1.31. The summed E-state index contributed by atoms with van der Waals surface area (Å²) in [7, 11) is 0. The van der Waals surface area contributed by atoms with E-state index in [9.17, 15) is 18.4 Å². The van der Waals surface area contributed by atoms with Crippen LogP contribution in [-0.2, 0) is 16.0 Å². The van der Waals surface area contributed by atoms with Crippen LogP contribution < -0.4 is 10.1 Å². The Kier molecular flexibility index (Phi) is 7.55. The maximum absolute atomic E-state index is 12.2. The number of benzene rings is 2. The van der Waals surface area contributed by atoms with Crippen LogP contribution in [0, 0.1) is 0 Å². The van der Waals surface area contributed by atoms with E-state index in [1.54, 1.807) is 36.4 Å². The Labute approximate surface area is 159 Å². The second-order valence-electron chi connectivity index (χ2n) is 5.79. The van der Waals surface area contributed by atoms with Crippen LogP contribution in [0.3, 0.4) is 0 Å². The molecule has 2 aromatic carbocycles. The molecule has 0 fully saturated rings. The minimum Gasteiger partial charge on any atom is -0.481 e. The molecule has 0 aromatic heterocycles. The summed E-state index contributed by atoms with van der Waals surface area (Å²) in [6.45, 7) is -2.89. The lowest BCUT2D eigenvalue weighted by atomic mass is 10.0. The van der Waals surface area contributed by atoms with Crippen molar-refractivity contribution in [1.82, 2.24) is 5.32 Å². The first kappa shape index (κ1) is 20.6. The molecule has 0 saturated carbocycles. The lowest BCUT2D eigenvalue weighted by Crippen LogP contribution is -2.30. The molecular formula is C19H18ClF2NO4. The van der Waals surface area contributed by atoms with Gasteiger partial charge in [0.25, 0.3) is 0 Å². The summed E-state index contributed by atoms with van der Waals surface area (Å²) in [6, 6.07) is 11.9. The van der Waals surface area contributed by atoms with E-state index in [-0.39, 0.29) is 24.5 Å². The Hall–Kier alpha value is -2.67. The van der Waals surface area contributed by atoms with E-state index in [2.05, 4.69) is 10.1 Å². The maximum Gasteiger partial charge on any atom is 0.387 e. The average Bonchev–Trinajstić information content (AvgIpc) is 2.60. The predicted octanol–water partition coefficient (Wildman–Crippen LogP) is 4.21. The van der Waals surface area contributed by atoms with Crippen molar-refractivity contribution in [1.29, 1.82) is 0 Å². The number of carboxylic acids is 1. The molecule has 0 spiro atoms. The molecule has 0 bridgehead atoms. The van der Waals surface area contributed by atoms with Crippen molar-refractivity contribution >= 4 is 23.5 Å². The van der Waals surface area contributed by atoms with Crippen LogP contribution in [0.1, 0.15) is 30.0 Å². The fourth-order valence-corrected chi connectivity index (χ4v) is 2.61. The first-order chi connectivity index (χ1) is 12.8. The van der Waals surface area contributed by atoms with Gasteiger partial charge in [-0.25, -0.2) is 0 Å². The Bertz CT molecular complexity index is 766. The van der Waals surface area contributed by atoms with Crippen molar-refractivity contribution in [3.63, 3.8) is 0 Å². The van der Waals surface area contributed by atoms with Crippen molar-refractivity contribution in [2.24, 2.45) is 0 Å². The molecular weight excluding hydrogens is 380 g/mol. The Morgan fingerprint density at radius 3 is 2.26 bits per heavy atom. The van der Waals surface area contributed by atoms with Gasteiger partial charge >= 0.3 is 12.6 Å². The van der Waals surface area contributed by atoms with Gasteiger partial charge in [-0.15, -0.1) is 0 Å². The van der Waals surface area contributed by atoms with E-state index in [1.807, 2.05) is 0 Å². The molecule has 5 nitrogen and oxygen atoms in total. The number of aliphatic carboxylic acids is 1. The minimum atomic E-state index is -2.89. The third-order valence-corrected chi connectivity index (χ3v) is 4.03. The number of alkyl halides is 2. The molecule has 2 aromatic rings. The van der Waals surface area contributed by atoms with Gasteiger partial charge in [0, 0.05) is 11.4 Å². The largest absolute Gasteiger partial charge is 0.481 e. The van der Waals surface area contributed by atoms with Crippen LogP contribution >= 0.6 is 11.6 Å². The lowest BCUT2D eigenvalue weighted by molar-refractivity contribution is -0.137. The number of carbonyl (C=O) groups is 2. The van der Waals surface area contributed by atoms with Gasteiger partial charge in [-0.05, 0) is 41.8 Å². The molecule has 0 aliphatic rings. The second-order valence-corrected chi connectivity index (χ2v) is 6.23. The van der Waals surface area contributed by atoms with Crippen LogP contribution in [0.25, 0.3) is 0 Å². The van der Waals surface area contributed by atoms with Crippen LogP contribution in [0.15, 0.2) is 48.5 Å². The zero-order valence-corrected chi connectivity index (χ0v) is 15.0. The van der Waals surface area contributed by atoms with Gasteiger partial charge in [0.05, 0.1) is 12.5 Å². The molecule has 8 heteroatoms. The number of aryl methyl sites for hydroxylation is 1. The normalized spacial score (nSPS) is 11.9. The fraction of sp³-hybridized carbons (Fsp3) is 0.263. The smallest absolute Gasteiger partial charge is 0.387 e. The number of nitrogens with one attached hydrogen (secondary N) is 1. The Morgan fingerprint density at radius 1 is 1.07 bits per heavy atom. The van der Waals surface area contributed by atoms with Gasteiger partial charge in [-0.1, -0.05) is 35.9 Å².